The third kappa shape index (κ3) is 5.25. The molecule has 0 radical (unpaired) electrons. The first-order chi connectivity index (χ1) is 16.6. The Hall–Kier alpha value is -3.32. The van der Waals surface area contributed by atoms with Gasteiger partial charge in [0, 0.05) is 49.4 Å². The number of para-hydroxylation sites is 1. The third-order valence-electron chi connectivity index (χ3n) is 6.24. The van der Waals surface area contributed by atoms with Gasteiger partial charge in [-0.05, 0) is 31.4 Å². The maximum Gasteiger partial charge on any atom is 0.359 e. The summed E-state index contributed by atoms with van der Waals surface area (Å²) in [4.78, 5) is 15.0. The zero-order valence-electron chi connectivity index (χ0n) is 20.3. The first-order valence-corrected chi connectivity index (χ1v) is 11.9. The fraction of sp³-hybridized carbons (Fsp3) is 0.407. The maximum absolute atomic E-state index is 12.7. The lowest BCUT2D eigenvalue weighted by Gasteiger charge is -2.28. The summed E-state index contributed by atoms with van der Waals surface area (Å²) in [6.45, 7) is 5.14. The molecule has 0 atom stereocenters. The molecule has 0 aliphatic carbocycles. The second kappa shape index (κ2) is 11.2. The van der Waals surface area contributed by atoms with Crippen molar-refractivity contribution >= 4 is 5.97 Å². The molecule has 0 amide bonds. The number of ether oxygens (including phenoxy) is 3. The van der Waals surface area contributed by atoms with Crippen LogP contribution in [-0.2, 0) is 37.2 Å². The highest BCUT2D eigenvalue weighted by Crippen LogP contribution is 2.33. The highest BCUT2D eigenvalue weighted by Gasteiger charge is 2.29. The molecular formula is C27H33N3O4. The molecule has 0 fully saturated rings. The van der Waals surface area contributed by atoms with Crippen LogP contribution in [0.5, 0.6) is 11.5 Å². The van der Waals surface area contributed by atoms with Gasteiger partial charge in [-0.15, -0.1) is 0 Å². The van der Waals surface area contributed by atoms with E-state index in [-0.39, 0.29) is 5.97 Å². The lowest BCUT2D eigenvalue weighted by Crippen LogP contribution is -2.31. The van der Waals surface area contributed by atoms with Gasteiger partial charge in [0.05, 0.1) is 20.8 Å². The van der Waals surface area contributed by atoms with Crippen molar-refractivity contribution in [3.8, 4) is 11.5 Å². The fourth-order valence-electron chi connectivity index (χ4n) is 4.63. The van der Waals surface area contributed by atoms with Gasteiger partial charge in [-0.3, -0.25) is 9.58 Å². The van der Waals surface area contributed by atoms with Gasteiger partial charge in [0.15, 0.2) is 17.2 Å². The van der Waals surface area contributed by atoms with Crippen LogP contribution in [0.3, 0.4) is 0 Å². The molecule has 4 rings (SSSR count). The zero-order valence-corrected chi connectivity index (χ0v) is 20.3. The van der Waals surface area contributed by atoms with Crippen molar-refractivity contribution < 1.29 is 19.0 Å². The molecule has 0 spiro atoms. The smallest absolute Gasteiger partial charge is 0.359 e. The maximum atomic E-state index is 12.7. The number of hydrogen-bond acceptors (Lipinski definition) is 6. The number of hydrogen-bond donors (Lipinski definition) is 0. The van der Waals surface area contributed by atoms with E-state index in [1.165, 1.54) is 5.56 Å². The Balaban J connectivity index is 1.53. The van der Waals surface area contributed by atoms with Crippen molar-refractivity contribution in [2.24, 2.45) is 0 Å². The monoisotopic (exact) mass is 463 g/mol. The average Bonchev–Trinajstić information content (AvgIpc) is 3.22. The minimum absolute atomic E-state index is 0.333. The Labute approximate surface area is 201 Å². The number of carbonyl (C=O) groups is 1. The van der Waals surface area contributed by atoms with E-state index in [0.717, 1.165) is 60.7 Å². The fourth-order valence-corrected chi connectivity index (χ4v) is 4.63. The SMILES string of the molecule is CCOC(=O)c1nn(CCCc2ccccc2)c2c1CN(Cc1cccc(OC)c1OC)CC2. The van der Waals surface area contributed by atoms with Crippen LogP contribution in [0.4, 0.5) is 0 Å². The molecule has 3 aromatic rings. The van der Waals surface area contributed by atoms with Crippen LogP contribution >= 0.6 is 0 Å². The Kier molecular flexibility index (Phi) is 7.85. The number of aromatic nitrogens is 2. The van der Waals surface area contributed by atoms with E-state index in [9.17, 15) is 4.79 Å². The number of aryl methyl sites for hydroxylation is 2. The van der Waals surface area contributed by atoms with Crippen molar-refractivity contribution in [3.05, 3.63) is 76.6 Å². The Morgan fingerprint density at radius 2 is 1.88 bits per heavy atom. The van der Waals surface area contributed by atoms with Crippen molar-refractivity contribution in [2.75, 3.05) is 27.4 Å². The minimum atomic E-state index is -0.346. The second-order valence-corrected chi connectivity index (χ2v) is 8.42. The first-order valence-electron chi connectivity index (χ1n) is 11.9. The van der Waals surface area contributed by atoms with Crippen LogP contribution in [-0.4, -0.2) is 48.0 Å². The van der Waals surface area contributed by atoms with Crippen LogP contribution in [0.2, 0.25) is 0 Å². The topological polar surface area (TPSA) is 65.8 Å². The summed E-state index contributed by atoms with van der Waals surface area (Å²) in [7, 11) is 3.31. The molecule has 0 unspecified atom stereocenters. The molecule has 1 aromatic heterocycles. The highest BCUT2D eigenvalue weighted by atomic mass is 16.5. The molecule has 180 valence electrons. The zero-order chi connectivity index (χ0) is 23.9. The summed E-state index contributed by atoms with van der Waals surface area (Å²) >= 11 is 0. The number of benzene rings is 2. The molecule has 2 heterocycles. The van der Waals surface area contributed by atoms with Crippen molar-refractivity contribution in [1.29, 1.82) is 0 Å². The van der Waals surface area contributed by atoms with Crippen LogP contribution in [0, 0.1) is 0 Å². The van der Waals surface area contributed by atoms with Gasteiger partial charge < -0.3 is 14.2 Å². The van der Waals surface area contributed by atoms with Gasteiger partial charge in [-0.1, -0.05) is 42.5 Å². The van der Waals surface area contributed by atoms with Crippen molar-refractivity contribution in [3.63, 3.8) is 0 Å². The number of nitrogens with zero attached hydrogens (tertiary/aromatic N) is 3. The molecular weight excluding hydrogens is 430 g/mol. The molecule has 7 heteroatoms. The Bertz CT molecular complexity index is 1110. The molecule has 34 heavy (non-hydrogen) atoms. The number of esters is 1. The highest BCUT2D eigenvalue weighted by molar-refractivity contribution is 5.89. The van der Waals surface area contributed by atoms with Crippen LogP contribution < -0.4 is 9.47 Å². The van der Waals surface area contributed by atoms with Crippen LogP contribution in [0.15, 0.2) is 48.5 Å². The standard InChI is InChI=1S/C27H33N3O4/c1-4-34-27(31)25-22-19-29(18-21-13-8-14-24(32-2)26(21)33-3)17-15-23(22)30(28-25)16-9-12-20-10-6-5-7-11-20/h5-8,10-11,13-14H,4,9,12,15-19H2,1-3H3. The molecule has 0 saturated carbocycles. The molecule has 0 bridgehead atoms. The summed E-state index contributed by atoms with van der Waals surface area (Å²) in [6, 6.07) is 16.4. The summed E-state index contributed by atoms with van der Waals surface area (Å²) in [5.74, 6) is 1.12. The molecule has 1 aliphatic rings. The number of fused-ring (bicyclic) bond motifs is 1. The third-order valence-corrected chi connectivity index (χ3v) is 6.24. The number of methoxy groups -OCH3 is 2. The lowest BCUT2D eigenvalue weighted by molar-refractivity contribution is 0.0515. The van der Waals surface area contributed by atoms with Crippen LogP contribution in [0.1, 0.15) is 46.2 Å². The summed E-state index contributed by atoms with van der Waals surface area (Å²) in [5, 5.41) is 4.71. The van der Waals surface area contributed by atoms with E-state index in [1.807, 2.05) is 29.8 Å². The summed E-state index contributed by atoms with van der Waals surface area (Å²) < 4.78 is 18.4. The molecule has 0 saturated heterocycles. The second-order valence-electron chi connectivity index (χ2n) is 8.42. The summed E-state index contributed by atoms with van der Waals surface area (Å²) in [6.07, 6.45) is 2.77. The molecule has 1 aliphatic heterocycles. The largest absolute Gasteiger partial charge is 0.493 e. The van der Waals surface area contributed by atoms with Gasteiger partial charge in [-0.25, -0.2) is 4.79 Å². The predicted octanol–water partition coefficient (Wildman–Crippen LogP) is 4.27. The van der Waals surface area contributed by atoms with Crippen molar-refractivity contribution in [1.82, 2.24) is 14.7 Å². The van der Waals surface area contributed by atoms with E-state index in [4.69, 9.17) is 19.3 Å². The van der Waals surface area contributed by atoms with E-state index >= 15 is 0 Å². The first kappa shape index (κ1) is 23.8. The molecule has 2 aromatic carbocycles. The normalized spacial score (nSPS) is 13.4. The van der Waals surface area contributed by atoms with E-state index in [1.54, 1.807) is 14.2 Å². The van der Waals surface area contributed by atoms with E-state index < -0.39 is 0 Å². The Morgan fingerprint density at radius 3 is 2.62 bits per heavy atom. The van der Waals surface area contributed by atoms with Gasteiger partial charge in [0.1, 0.15) is 0 Å². The number of carbonyl (C=O) groups excluding carboxylic acids is 1. The van der Waals surface area contributed by atoms with Gasteiger partial charge in [0.25, 0.3) is 0 Å². The van der Waals surface area contributed by atoms with E-state index in [2.05, 4.69) is 35.2 Å². The number of rotatable bonds is 10. The predicted molar refractivity (Wildman–Crippen MR) is 130 cm³/mol. The van der Waals surface area contributed by atoms with Gasteiger partial charge >= 0.3 is 5.97 Å². The minimum Gasteiger partial charge on any atom is -0.493 e. The molecule has 0 N–H and O–H groups in total. The Morgan fingerprint density at radius 1 is 1.06 bits per heavy atom. The lowest BCUT2D eigenvalue weighted by atomic mass is 10.0. The van der Waals surface area contributed by atoms with E-state index in [0.29, 0.717) is 25.4 Å². The average molecular weight is 464 g/mol. The molecule has 7 nitrogen and oxygen atoms in total. The summed E-state index contributed by atoms with van der Waals surface area (Å²) in [5.41, 5.74) is 4.93. The van der Waals surface area contributed by atoms with Gasteiger partial charge in [0.2, 0.25) is 0 Å². The quantitative estimate of drug-likeness (QED) is 0.419. The van der Waals surface area contributed by atoms with Gasteiger partial charge in [-0.2, -0.15) is 5.10 Å². The van der Waals surface area contributed by atoms with Crippen molar-refractivity contribution in [2.45, 2.75) is 45.8 Å². The van der Waals surface area contributed by atoms with Crippen LogP contribution in [0.25, 0.3) is 0 Å².